The van der Waals surface area contributed by atoms with Crippen molar-refractivity contribution >= 4 is 17.4 Å². The molecule has 2 heterocycles. The first-order valence-corrected chi connectivity index (χ1v) is 4.18. The lowest BCUT2D eigenvalue weighted by atomic mass is 10.1. The van der Waals surface area contributed by atoms with Gasteiger partial charge in [0.15, 0.2) is 5.78 Å². The monoisotopic (exact) mass is 169 g/mol. The van der Waals surface area contributed by atoms with E-state index in [0.717, 1.165) is 16.3 Å². The molecule has 0 atom stereocenters. The molecule has 62 valence electrons. The van der Waals surface area contributed by atoms with Crippen molar-refractivity contribution in [1.82, 2.24) is 4.40 Å². The van der Waals surface area contributed by atoms with Gasteiger partial charge in [-0.05, 0) is 18.2 Å². The summed E-state index contributed by atoms with van der Waals surface area (Å²) in [6, 6.07) is 3.99. The van der Waals surface area contributed by atoms with E-state index in [2.05, 4.69) is 0 Å². The standard InChI is InChI=1S/C11H7NO/c13-11-5-1-3-8-9(11)7-12-6-2-4-10(8)12/h1-7H. The minimum Gasteiger partial charge on any atom is -0.322 e. The third kappa shape index (κ3) is 0.746. The molecule has 2 heteroatoms. The summed E-state index contributed by atoms with van der Waals surface area (Å²) in [5.41, 5.74) is 1.91. The maximum atomic E-state index is 11.4. The summed E-state index contributed by atoms with van der Waals surface area (Å²) in [6.07, 6.45) is 9.22. The molecular weight excluding hydrogens is 162 g/mol. The molecule has 0 saturated heterocycles. The molecule has 0 fully saturated rings. The Balaban J connectivity index is 2.57. The van der Waals surface area contributed by atoms with Gasteiger partial charge < -0.3 is 4.40 Å². The van der Waals surface area contributed by atoms with Gasteiger partial charge in [0.2, 0.25) is 0 Å². The van der Waals surface area contributed by atoms with Gasteiger partial charge in [-0.1, -0.05) is 12.2 Å². The number of fused-ring (bicyclic) bond motifs is 3. The Morgan fingerprint density at radius 1 is 1.31 bits per heavy atom. The lowest BCUT2D eigenvalue weighted by molar-refractivity contribution is 0.104. The number of hydrogen-bond acceptors (Lipinski definition) is 1. The minimum absolute atomic E-state index is 0.0983. The zero-order valence-corrected chi connectivity index (χ0v) is 6.90. The first-order valence-electron chi connectivity index (χ1n) is 4.18. The normalized spacial score (nSPS) is 14.6. The Labute approximate surface area is 74.8 Å². The summed E-state index contributed by atoms with van der Waals surface area (Å²) in [7, 11) is 0. The van der Waals surface area contributed by atoms with Crippen LogP contribution in [-0.4, -0.2) is 10.2 Å². The van der Waals surface area contributed by atoms with Gasteiger partial charge in [-0.2, -0.15) is 0 Å². The van der Waals surface area contributed by atoms with Crippen LogP contribution in [0.15, 0.2) is 36.7 Å². The van der Waals surface area contributed by atoms with E-state index in [-0.39, 0.29) is 5.78 Å². The zero-order chi connectivity index (χ0) is 8.84. The predicted octanol–water partition coefficient (Wildman–Crippen LogP) is 1.19. The Kier molecular flexibility index (Phi) is 1.08. The third-order valence-electron chi connectivity index (χ3n) is 2.39. The fraction of sp³-hybridized carbons (Fsp3) is 0. The fourth-order valence-corrected chi connectivity index (χ4v) is 1.77. The van der Waals surface area contributed by atoms with Crippen LogP contribution in [0, 0.1) is 0 Å². The molecule has 2 nitrogen and oxygen atoms in total. The van der Waals surface area contributed by atoms with Gasteiger partial charge in [0, 0.05) is 23.2 Å². The highest BCUT2D eigenvalue weighted by Crippen LogP contribution is 2.08. The third-order valence-corrected chi connectivity index (χ3v) is 2.39. The van der Waals surface area contributed by atoms with Gasteiger partial charge in [0.1, 0.15) is 0 Å². The van der Waals surface area contributed by atoms with Crippen molar-refractivity contribution in [3.8, 4) is 0 Å². The van der Waals surface area contributed by atoms with Crippen LogP contribution in [0.25, 0.3) is 11.6 Å². The number of ketones is 1. The molecule has 0 amide bonds. The Morgan fingerprint density at radius 2 is 2.23 bits per heavy atom. The van der Waals surface area contributed by atoms with E-state index in [0.29, 0.717) is 0 Å². The smallest absolute Gasteiger partial charge is 0.188 e. The first-order chi connectivity index (χ1) is 6.36. The molecule has 0 aromatic carbocycles. The maximum absolute atomic E-state index is 11.4. The van der Waals surface area contributed by atoms with Crippen LogP contribution in [0.4, 0.5) is 0 Å². The number of carbonyl (C=O) groups is 1. The van der Waals surface area contributed by atoms with E-state index in [1.165, 1.54) is 0 Å². The molecule has 0 saturated carbocycles. The molecule has 2 aromatic heterocycles. The van der Waals surface area contributed by atoms with Crippen molar-refractivity contribution in [1.29, 1.82) is 0 Å². The average molecular weight is 169 g/mol. The quantitative estimate of drug-likeness (QED) is 0.580. The molecular formula is C11H7NO. The summed E-state index contributed by atoms with van der Waals surface area (Å²) in [5, 5.41) is 1.04. The summed E-state index contributed by atoms with van der Waals surface area (Å²) < 4.78 is 1.98. The highest BCUT2D eigenvalue weighted by Gasteiger charge is 2.11. The molecule has 0 spiro atoms. The molecule has 0 N–H and O–H groups in total. The Bertz CT molecular complexity index is 575. The fourth-order valence-electron chi connectivity index (χ4n) is 1.77. The Hall–Kier alpha value is -1.83. The molecule has 0 radical (unpaired) electrons. The predicted molar refractivity (Wildman–Crippen MR) is 50.6 cm³/mol. The number of nitrogens with zero attached hydrogens (tertiary/aromatic N) is 1. The second kappa shape index (κ2) is 2.10. The average Bonchev–Trinajstić information content (AvgIpc) is 2.65. The van der Waals surface area contributed by atoms with Crippen LogP contribution in [0.3, 0.4) is 0 Å². The number of allylic oxidation sites excluding steroid dienone is 2. The van der Waals surface area contributed by atoms with E-state index < -0.39 is 0 Å². The summed E-state index contributed by atoms with van der Waals surface area (Å²) in [6.45, 7) is 0. The Morgan fingerprint density at radius 3 is 3.15 bits per heavy atom. The van der Waals surface area contributed by atoms with Crippen molar-refractivity contribution in [2.45, 2.75) is 0 Å². The van der Waals surface area contributed by atoms with Gasteiger partial charge >= 0.3 is 0 Å². The van der Waals surface area contributed by atoms with Gasteiger partial charge in [-0.15, -0.1) is 0 Å². The second-order valence-corrected chi connectivity index (χ2v) is 3.15. The maximum Gasteiger partial charge on any atom is 0.188 e. The van der Waals surface area contributed by atoms with Gasteiger partial charge in [0.25, 0.3) is 0 Å². The van der Waals surface area contributed by atoms with E-state index >= 15 is 0 Å². The van der Waals surface area contributed by atoms with Crippen molar-refractivity contribution in [3.63, 3.8) is 0 Å². The van der Waals surface area contributed by atoms with E-state index in [1.54, 1.807) is 12.2 Å². The van der Waals surface area contributed by atoms with Crippen LogP contribution in [0.1, 0.15) is 10.4 Å². The summed E-state index contributed by atoms with van der Waals surface area (Å²) in [4.78, 5) is 11.4. The molecule has 1 aliphatic rings. The van der Waals surface area contributed by atoms with Crippen LogP contribution >= 0.6 is 0 Å². The van der Waals surface area contributed by atoms with Gasteiger partial charge in [-0.3, -0.25) is 4.79 Å². The lowest BCUT2D eigenvalue weighted by Gasteiger charge is -1.93. The minimum atomic E-state index is 0.0983. The van der Waals surface area contributed by atoms with Gasteiger partial charge in [0.05, 0.1) is 5.52 Å². The lowest BCUT2D eigenvalue weighted by Crippen LogP contribution is -2.12. The van der Waals surface area contributed by atoms with Crippen LogP contribution in [0.2, 0.25) is 0 Å². The highest BCUT2D eigenvalue weighted by atomic mass is 16.1. The number of carbonyl (C=O) groups excluding carboxylic acids is 1. The molecule has 0 unspecified atom stereocenters. The van der Waals surface area contributed by atoms with Crippen molar-refractivity contribution in [2.24, 2.45) is 0 Å². The number of aromatic nitrogens is 1. The molecule has 1 aliphatic carbocycles. The summed E-state index contributed by atoms with van der Waals surface area (Å²) in [5.74, 6) is 0.0983. The summed E-state index contributed by atoms with van der Waals surface area (Å²) >= 11 is 0. The number of hydrogen-bond donors (Lipinski definition) is 0. The SMILES string of the molecule is O=C1C=CC=c2c1cn1cccc21. The second-order valence-electron chi connectivity index (χ2n) is 3.15. The van der Waals surface area contributed by atoms with E-state index in [9.17, 15) is 4.79 Å². The molecule has 2 aromatic rings. The van der Waals surface area contributed by atoms with Crippen LogP contribution < -0.4 is 5.22 Å². The van der Waals surface area contributed by atoms with Crippen molar-refractivity contribution < 1.29 is 4.79 Å². The largest absolute Gasteiger partial charge is 0.322 e. The van der Waals surface area contributed by atoms with E-state index in [4.69, 9.17) is 0 Å². The zero-order valence-electron chi connectivity index (χ0n) is 6.90. The molecule has 13 heavy (non-hydrogen) atoms. The highest BCUT2D eigenvalue weighted by molar-refractivity contribution is 6.08. The van der Waals surface area contributed by atoms with E-state index in [1.807, 2.05) is 35.0 Å². The number of rotatable bonds is 0. The molecule has 0 bridgehead atoms. The first kappa shape index (κ1) is 6.66. The van der Waals surface area contributed by atoms with Crippen LogP contribution in [-0.2, 0) is 0 Å². The van der Waals surface area contributed by atoms with Crippen molar-refractivity contribution in [2.75, 3.05) is 0 Å². The topological polar surface area (TPSA) is 21.5 Å². The van der Waals surface area contributed by atoms with Crippen molar-refractivity contribution in [3.05, 3.63) is 47.5 Å². The van der Waals surface area contributed by atoms with Crippen LogP contribution in [0.5, 0.6) is 0 Å². The van der Waals surface area contributed by atoms with Gasteiger partial charge in [-0.25, -0.2) is 0 Å². The molecule has 3 rings (SSSR count). The molecule has 0 aliphatic heterocycles.